The summed E-state index contributed by atoms with van der Waals surface area (Å²) in [5, 5.41) is 16.7. The van der Waals surface area contributed by atoms with Crippen LogP contribution in [-0.4, -0.2) is 65.7 Å². The molecular formula is C25H30N6O4. The molecule has 4 rings (SSSR count). The Kier molecular flexibility index (Phi) is 6.80. The molecule has 1 aliphatic heterocycles. The zero-order chi connectivity index (χ0) is 25.2. The normalized spacial score (nSPS) is 18.2. The molecule has 0 radical (unpaired) electrons. The first-order valence-electron chi connectivity index (χ1n) is 11.4. The Morgan fingerprint density at radius 2 is 2.06 bits per heavy atom. The van der Waals surface area contributed by atoms with Crippen molar-refractivity contribution >= 4 is 17.4 Å². The van der Waals surface area contributed by atoms with E-state index >= 15 is 0 Å². The molecule has 0 spiro atoms. The van der Waals surface area contributed by atoms with Crippen LogP contribution >= 0.6 is 0 Å². The molecule has 2 atom stereocenters. The molecule has 1 amide bonds. The van der Waals surface area contributed by atoms with Gasteiger partial charge in [0.1, 0.15) is 23.2 Å². The van der Waals surface area contributed by atoms with Crippen LogP contribution in [0.5, 0.6) is 5.75 Å². The van der Waals surface area contributed by atoms with E-state index in [0.717, 1.165) is 16.9 Å². The quantitative estimate of drug-likeness (QED) is 0.594. The predicted molar refractivity (Wildman–Crippen MR) is 130 cm³/mol. The monoisotopic (exact) mass is 478 g/mol. The van der Waals surface area contributed by atoms with Crippen LogP contribution in [0, 0.1) is 11.3 Å². The Balaban J connectivity index is 1.52. The number of nitrogens with one attached hydrogen (secondary N) is 1. The van der Waals surface area contributed by atoms with Crippen molar-refractivity contribution in [3.8, 4) is 22.9 Å². The fourth-order valence-corrected chi connectivity index (χ4v) is 4.23. The van der Waals surface area contributed by atoms with Gasteiger partial charge in [-0.3, -0.25) is 0 Å². The second kappa shape index (κ2) is 9.80. The lowest BCUT2D eigenvalue weighted by molar-refractivity contribution is 0.0297. The lowest BCUT2D eigenvalue weighted by Crippen LogP contribution is -2.55. The molecule has 35 heavy (non-hydrogen) atoms. The molecule has 1 N–H and O–H groups in total. The summed E-state index contributed by atoms with van der Waals surface area (Å²) in [4.78, 5) is 19.0. The summed E-state index contributed by atoms with van der Waals surface area (Å²) < 4.78 is 18.1. The molecule has 3 aromatic heterocycles. The van der Waals surface area contributed by atoms with Crippen LogP contribution in [0.4, 0.5) is 10.6 Å². The molecule has 10 heteroatoms. The van der Waals surface area contributed by atoms with Crippen molar-refractivity contribution in [1.82, 2.24) is 19.9 Å². The topological polar surface area (TPSA) is 114 Å². The molecule has 1 aliphatic rings. The third kappa shape index (κ3) is 5.30. The lowest BCUT2D eigenvalue weighted by atomic mass is 10.0. The highest BCUT2D eigenvalue weighted by atomic mass is 16.6. The number of rotatable bonds is 5. The molecule has 1 fully saturated rings. The summed E-state index contributed by atoms with van der Waals surface area (Å²) >= 11 is 0. The van der Waals surface area contributed by atoms with E-state index in [2.05, 4.69) is 26.4 Å². The molecule has 0 bridgehead atoms. The van der Waals surface area contributed by atoms with Crippen molar-refractivity contribution in [1.29, 1.82) is 5.26 Å². The number of hydrogen-bond acceptors (Lipinski definition) is 8. The summed E-state index contributed by atoms with van der Waals surface area (Å²) in [6.45, 7) is 6.79. The van der Waals surface area contributed by atoms with E-state index < -0.39 is 11.7 Å². The Bertz CT molecular complexity index is 1240. The van der Waals surface area contributed by atoms with E-state index in [1.165, 1.54) is 0 Å². The number of alkyl carbamates (subject to hydrolysis) is 1. The van der Waals surface area contributed by atoms with E-state index in [1.54, 1.807) is 37.3 Å². The first-order valence-corrected chi connectivity index (χ1v) is 11.4. The van der Waals surface area contributed by atoms with Crippen LogP contribution in [-0.2, 0) is 9.47 Å². The van der Waals surface area contributed by atoms with Crippen molar-refractivity contribution in [2.45, 2.75) is 44.9 Å². The highest BCUT2D eigenvalue weighted by Gasteiger charge is 2.32. The molecule has 10 nitrogen and oxygen atoms in total. The van der Waals surface area contributed by atoms with Gasteiger partial charge >= 0.3 is 6.09 Å². The van der Waals surface area contributed by atoms with Gasteiger partial charge in [-0.05, 0) is 45.4 Å². The zero-order valence-electron chi connectivity index (χ0n) is 20.6. The molecule has 4 heterocycles. The molecular weight excluding hydrogens is 448 g/mol. The number of nitrogens with zero attached hydrogens (tertiary/aromatic N) is 5. The average molecular weight is 479 g/mol. The minimum Gasteiger partial charge on any atom is -0.495 e. The zero-order valence-corrected chi connectivity index (χ0v) is 20.6. The number of piperidine rings is 1. The van der Waals surface area contributed by atoms with Crippen molar-refractivity contribution in [3.63, 3.8) is 0 Å². The van der Waals surface area contributed by atoms with Gasteiger partial charge in [0.15, 0.2) is 0 Å². The fourth-order valence-electron chi connectivity index (χ4n) is 4.23. The first kappa shape index (κ1) is 24.3. The molecule has 1 unspecified atom stereocenters. The van der Waals surface area contributed by atoms with Crippen LogP contribution < -0.4 is 15.0 Å². The standard InChI is InChI=1S/C25H30N6O4/c1-25(2,3)35-24(32)29-20-8-9-30(15-21(20)34-5)22-7-6-16(12-27-22)19-10-18(33-4)14-31-23(19)17(11-26)13-28-31/h6-7,10,12-14,20-21H,8-9,15H2,1-5H3,(H,29,32)/t20?,21-/m1/s1. The second-order valence-electron chi connectivity index (χ2n) is 9.42. The Hall–Kier alpha value is -3.84. The third-order valence-electron chi connectivity index (χ3n) is 5.89. The molecule has 3 aromatic rings. The van der Waals surface area contributed by atoms with Crippen molar-refractivity contribution in [2.75, 3.05) is 32.2 Å². The van der Waals surface area contributed by atoms with Crippen molar-refractivity contribution < 1.29 is 19.0 Å². The number of methoxy groups -OCH3 is 2. The average Bonchev–Trinajstić information content (AvgIpc) is 3.25. The highest BCUT2D eigenvalue weighted by molar-refractivity contribution is 5.85. The van der Waals surface area contributed by atoms with Gasteiger partial charge in [-0.1, -0.05) is 0 Å². The summed E-state index contributed by atoms with van der Waals surface area (Å²) in [5.41, 5.74) is 2.29. The number of aromatic nitrogens is 3. The molecule has 184 valence electrons. The molecule has 0 aliphatic carbocycles. The number of nitriles is 1. The van der Waals surface area contributed by atoms with Crippen LogP contribution in [0.1, 0.15) is 32.8 Å². The predicted octanol–water partition coefficient (Wildman–Crippen LogP) is 3.39. The van der Waals surface area contributed by atoms with Crippen molar-refractivity contribution in [2.24, 2.45) is 0 Å². The van der Waals surface area contributed by atoms with Gasteiger partial charge in [0.25, 0.3) is 0 Å². The van der Waals surface area contributed by atoms with E-state index in [4.69, 9.17) is 14.2 Å². The van der Waals surface area contributed by atoms with E-state index in [-0.39, 0.29) is 12.1 Å². The number of pyridine rings is 2. The fraction of sp³-hybridized carbons (Fsp3) is 0.440. The number of ether oxygens (including phenoxy) is 3. The number of hydrogen-bond donors (Lipinski definition) is 1. The van der Waals surface area contributed by atoms with Crippen LogP contribution in [0.2, 0.25) is 0 Å². The summed E-state index contributed by atoms with van der Waals surface area (Å²) in [6, 6.07) is 7.84. The van der Waals surface area contributed by atoms with Gasteiger partial charge in [-0.2, -0.15) is 10.4 Å². The van der Waals surface area contributed by atoms with Gasteiger partial charge in [0.05, 0.1) is 42.7 Å². The van der Waals surface area contributed by atoms with Crippen LogP contribution in [0.25, 0.3) is 16.6 Å². The number of carbonyl (C=O) groups excluding carboxylic acids is 1. The molecule has 0 saturated carbocycles. The second-order valence-corrected chi connectivity index (χ2v) is 9.42. The van der Waals surface area contributed by atoms with E-state index in [1.807, 2.05) is 39.0 Å². The van der Waals surface area contributed by atoms with Gasteiger partial charge in [0, 0.05) is 37.5 Å². The smallest absolute Gasteiger partial charge is 0.407 e. The SMILES string of the molecule is COc1cc(-c2ccc(N3CCC(NC(=O)OC(C)(C)C)[C@H](OC)C3)nc2)c2c(C#N)cnn2c1. The summed E-state index contributed by atoms with van der Waals surface area (Å²) in [5.74, 6) is 1.44. The minimum atomic E-state index is -0.557. The van der Waals surface area contributed by atoms with Crippen molar-refractivity contribution in [3.05, 3.63) is 42.4 Å². The third-order valence-corrected chi connectivity index (χ3v) is 5.89. The van der Waals surface area contributed by atoms with E-state index in [0.29, 0.717) is 36.3 Å². The number of amides is 1. The highest BCUT2D eigenvalue weighted by Crippen LogP contribution is 2.31. The largest absolute Gasteiger partial charge is 0.495 e. The van der Waals surface area contributed by atoms with E-state index in [9.17, 15) is 10.1 Å². The number of anilines is 1. The Labute approximate surface area is 204 Å². The van der Waals surface area contributed by atoms with Gasteiger partial charge in [-0.15, -0.1) is 0 Å². The minimum absolute atomic E-state index is 0.151. The lowest BCUT2D eigenvalue weighted by Gasteiger charge is -2.38. The first-order chi connectivity index (χ1) is 16.7. The van der Waals surface area contributed by atoms with Crippen LogP contribution in [0.3, 0.4) is 0 Å². The maximum Gasteiger partial charge on any atom is 0.407 e. The van der Waals surface area contributed by atoms with Crippen LogP contribution in [0.15, 0.2) is 36.8 Å². The summed E-state index contributed by atoms with van der Waals surface area (Å²) in [7, 11) is 3.23. The summed E-state index contributed by atoms with van der Waals surface area (Å²) in [6.07, 6.45) is 5.11. The van der Waals surface area contributed by atoms with Gasteiger partial charge in [0.2, 0.25) is 0 Å². The Morgan fingerprint density at radius 1 is 1.26 bits per heavy atom. The maximum atomic E-state index is 12.2. The number of fused-ring (bicyclic) bond motifs is 1. The van der Waals surface area contributed by atoms with Gasteiger partial charge in [-0.25, -0.2) is 14.3 Å². The maximum absolute atomic E-state index is 12.2. The Morgan fingerprint density at radius 3 is 2.69 bits per heavy atom. The molecule has 0 aromatic carbocycles. The van der Waals surface area contributed by atoms with Gasteiger partial charge < -0.3 is 24.4 Å². The molecule has 1 saturated heterocycles. The number of carbonyl (C=O) groups is 1.